The van der Waals surface area contributed by atoms with Gasteiger partial charge in [0.15, 0.2) is 0 Å². The van der Waals surface area contributed by atoms with E-state index >= 15 is 0 Å². The molecule has 30 heavy (non-hydrogen) atoms. The van der Waals surface area contributed by atoms with Crippen LogP contribution in [0.2, 0.25) is 0 Å². The maximum atomic E-state index is 2.58. The molecule has 0 saturated carbocycles. The van der Waals surface area contributed by atoms with E-state index in [1.165, 1.54) is 142 Å². The smallest absolute Gasteiger partial charge is 0.234 e. The van der Waals surface area contributed by atoms with E-state index in [9.17, 15) is 0 Å². The van der Waals surface area contributed by atoms with Gasteiger partial charge in [-0.3, -0.25) is 0 Å². The average molecular weight is 420 g/mol. The maximum absolute atomic E-state index is 2.58. The molecule has 0 atom stereocenters. The Kier molecular flexibility index (Phi) is 18.3. The Morgan fingerprint density at radius 2 is 1.03 bits per heavy atom. The SMILES string of the molecule is CCCCCCCCCCCCc1n(CCCCCC)cc[n+]1CCCCCCC. The van der Waals surface area contributed by atoms with Gasteiger partial charge in [-0.15, -0.1) is 0 Å². The Morgan fingerprint density at radius 3 is 1.60 bits per heavy atom. The standard InChI is InChI=1S/C28H55N2/c1-4-7-10-13-14-15-16-17-18-20-23-28-29(24-21-12-9-6-3)26-27-30(28)25-22-19-11-8-5-2/h26-27H,4-25H2,1-3H3/q+1. The third-order valence-electron chi connectivity index (χ3n) is 6.60. The molecule has 0 amide bonds. The number of hydrogen-bond donors (Lipinski definition) is 0. The van der Waals surface area contributed by atoms with Gasteiger partial charge in [0.1, 0.15) is 12.4 Å². The van der Waals surface area contributed by atoms with Gasteiger partial charge in [0.2, 0.25) is 0 Å². The fourth-order valence-corrected chi connectivity index (χ4v) is 4.56. The number of imidazole rings is 1. The molecular weight excluding hydrogens is 364 g/mol. The molecule has 2 nitrogen and oxygen atoms in total. The van der Waals surface area contributed by atoms with Gasteiger partial charge in [-0.1, -0.05) is 111 Å². The Bertz CT molecular complexity index is 477. The summed E-state index contributed by atoms with van der Waals surface area (Å²) in [7, 11) is 0. The Hall–Kier alpha value is -0.790. The molecule has 0 aliphatic heterocycles. The fraction of sp³-hybridized carbons (Fsp3) is 0.893. The zero-order valence-electron chi connectivity index (χ0n) is 21.1. The largest absolute Gasteiger partial charge is 0.256 e. The van der Waals surface area contributed by atoms with Gasteiger partial charge in [-0.05, 0) is 32.1 Å². The zero-order valence-corrected chi connectivity index (χ0v) is 21.1. The molecule has 0 saturated heterocycles. The Labute approximate surface area is 189 Å². The average Bonchev–Trinajstić information content (AvgIpc) is 3.14. The molecule has 0 unspecified atom stereocenters. The predicted molar refractivity (Wildman–Crippen MR) is 133 cm³/mol. The molecule has 0 aliphatic carbocycles. The highest BCUT2D eigenvalue weighted by Crippen LogP contribution is 2.13. The van der Waals surface area contributed by atoms with Gasteiger partial charge in [-0.25, -0.2) is 9.13 Å². The molecule has 176 valence electrons. The van der Waals surface area contributed by atoms with Crippen molar-refractivity contribution in [3.8, 4) is 0 Å². The van der Waals surface area contributed by atoms with E-state index in [0.29, 0.717) is 0 Å². The zero-order chi connectivity index (χ0) is 21.7. The van der Waals surface area contributed by atoms with Gasteiger partial charge in [0.25, 0.3) is 5.82 Å². The summed E-state index contributed by atoms with van der Waals surface area (Å²) in [5.41, 5.74) is 0. The third-order valence-corrected chi connectivity index (χ3v) is 6.60. The summed E-state index contributed by atoms with van der Waals surface area (Å²) in [5, 5.41) is 0. The molecule has 1 rings (SSSR count). The Balaban J connectivity index is 2.34. The number of aryl methyl sites for hydroxylation is 2. The minimum Gasteiger partial charge on any atom is -0.234 e. The van der Waals surface area contributed by atoms with Crippen LogP contribution in [0.15, 0.2) is 12.4 Å². The highest BCUT2D eigenvalue weighted by Gasteiger charge is 2.16. The third kappa shape index (κ3) is 13.5. The van der Waals surface area contributed by atoms with Crippen LogP contribution in [0.1, 0.15) is 149 Å². The van der Waals surface area contributed by atoms with E-state index in [1.54, 1.807) is 5.82 Å². The normalized spacial score (nSPS) is 11.4. The van der Waals surface area contributed by atoms with Crippen LogP contribution in [-0.4, -0.2) is 4.57 Å². The topological polar surface area (TPSA) is 8.81 Å². The summed E-state index contributed by atoms with van der Waals surface area (Å²) in [5.74, 6) is 1.60. The summed E-state index contributed by atoms with van der Waals surface area (Å²) >= 11 is 0. The van der Waals surface area contributed by atoms with E-state index in [0.717, 1.165) is 0 Å². The van der Waals surface area contributed by atoms with Crippen molar-refractivity contribution in [1.82, 2.24) is 4.57 Å². The van der Waals surface area contributed by atoms with Gasteiger partial charge >= 0.3 is 0 Å². The van der Waals surface area contributed by atoms with Crippen LogP contribution in [0.4, 0.5) is 0 Å². The maximum Gasteiger partial charge on any atom is 0.256 e. The first kappa shape index (κ1) is 27.2. The lowest BCUT2D eigenvalue weighted by Crippen LogP contribution is -2.37. The van der Waals surface area contributed by atoms with Crippen LogP contribution in [-0.2, 0) is 19.5 Å². The van der Waals surface area contributed by atoms with Crippen LogP contribution >= 0.6 is 0 Å². The van der Waals surface area contributed by atoms with Gasteiger partial charge < -0.3 is 0 Å². The van der Waals surface area contributed by atoms with Gasteiger partial charge in [-0.2, -0.15) is 0 Å². The van der Waals surface area contributed by atoms with Crippen LogP contribution in [0, 0.1) is 0 Å². The second-order valence-electron chi connectivity index (χ2n) is 9.51. The highest BCUT2D eigenvalue weighted by molar-refractivity contribution is 4.84. The molecule has 0 fully saturated rings. The van der Waals surface area contributed by atoms with Crippen molar-refractivity contribution in [2.75, 3.05) is 0 Å². The van der Waals surface area contributed by atoms with Crippen molar-refractivity contribution in [1.29, 1.82) is 0 Å². The molecular formula is C28H55N2+. The first-order valence-electron chi connectivity index (χ1n) is 13.9. The van der Waals surface area contributed by atoms with Crippen LogP contribution in [0.3, 0.4) is 0 Å². The van der Waals surface area contributed by atoms with E-state index in [4.69, 9.17) is 0 Å². The molecule has 2 heteroatoms. The summed E-state index contributed by atoms with van der Waals surface area (Å²) in [6, 6.07) is 0. The minimum atomic E-state index is 1.22. The molecule has 0 spiro atoms. The highest BCUT2D eigenvalue weighted by atomic mass is 15.1. The van der Waals surface area contributed by atoms with E-state index in [-0.39, 0.29) is 0 Å². The van der Waals surface area contributed by atoms with Crippen molar-refractivity contribution in [2.45, 2.75) is 162 Å². The lowest BCUT2D eigenvalue weighted by molar-refractivity contribution is -0.704. The summed E-state index contributed by atoms with van der Waals surface area (Å²) in [6.07, 6.45) is 32.6. The molecule has 0 aliphatic rings. The molecule has 0 bridgehead atoms. The van der Waals surface area contributed by atoms with E-state index in [1.807, 2.05) is 0 Å². The summed E-state index contributed by atoms with van der Waals surface area (Å²) in [4.78, 5) is 0. The second-order valence-corrected chi connectivity index (χ2v) is 9.51. The van der Waals surface area contributed by atoms with Crippen molar-refractivity contribution in [3.63, 3.8) is 0 Å². The molecule has 1 aromatic heterocycles. The second kappa shape index (κ2) is 20.1. The molecule has 1 heterocycles. The van der Waals surface area contributed by atoms with Crippen molar-refractivity contribution >= 4 is 0 Å². The molecule has 0 aromatic carbocycles. The van der Waals surface area contributed by atoms with Crippen LogP contribution in [0.25, 0.3) is 0 Å². The summed E-state index contributed by atoms with van der Waals surface area (Å²) < 4.78 is 5.16. The molecule has 0 N–H and O–H groups in total. The van der Waals surface area contributed by atoms with Crippen molar-refractivity contribution in [2.24, 2.45) is 0 Å². The number of rotatable bonds is 22. The monoisotopic (exact) mass is 419 g/mol. The van der Waals surface area contributed by atoms with Crippen molar-refractivity contribution < 1.29 is 4.57 Å². The molecule has 0 radical (unpaired) electrons. The quantitative estimate of drug-likeness (QED) is 0.131. The number of unbranched alkanes of at least 4 members (excludes halogenated alkanes) is 16. The summed E-state index contributed by atoms with van der Waals surface area (Å²) in [6.45, 7) is 9.35. The Morgan fingerprint density at radius 1 is 0.567 bits per heavy atom. The van der Waals surface area contributed by atoms with Crippen LogP contribution < -0.4 is 4.57 Å². The van der Waals surface area contributed by atoms with E-state index in [2.05, 4.69) is 42.3 Å². The fourth-order valence-electron chi connectivity index (χ4n) is 4.56. The number of aromatic nitrogens is 2. The van der Waals surface area contributed by atoms with Gasteiger partial charge in [0.05, 0.1) is 13.1 Å². The number of nitrogens with zero attached hydrogens (tertiary/aromatic N) is 2. The lowest BCUT2D eigenvalue weighted by Gasteiger charge is -2.07. The van der Waals surface area contributed by atoms with Gasteiger partial charge in [0, 0.05) is 6.42 Å². The first-order valence-corrected chi connectivity index (χ1v) is 13.9. The van der Waals surface area contributed by atoms with Crippen molar-refractivity contribution in [3.05, 3.63) is 18.2 Å². The first-order chi connectivity index (χ1) is 14.8. The predicted octanol–water partition coefficient (Wildman–Crippen LogP) is 8.79. The number of hydrogen-bond acceptors (Lipinski definition) is 0. The van der Waals surface area contributed by atoms with E-state index < -0.39 is 0 Å². The minimum absolute atomic E-state index is 1.22. The molecule has 1 aromatic rings. The van der Waals surface area contributed by atoms with Crippen LogP contribution in [0.5, 0.6) is 0 Å². The lowest BCUT2D eigenvalue weighted by atomic mass is 10.1.